The molecule has 1 aromatic carbocycles. The van der Waals surface area contributed by atoms with Gasteiger partial charge in [0.25, 0.3) is 0 Å². The zero-order valence-corrected chi connectivity index (χ0v) is 12.0. The maximum atomic E-state index is 11.8. The lowest BCUT2D eigenvalue weighted by atomic mass is 10.2. The summed E-state index contributed by atoms with van der Waals surface area (Å²) in [6.07, 6.45) is 2.21. The van der Waals surface area contributed by atoms with Crippen LogP contribution in [0.1, 0.15) is 25.3 Å². The van der Waals surface area contributed by atoms with E-state index in [0.29, 0.717) is 23.4 Å². The van der Waals surface area contributed by atoms with Crippen molar-refractivity contribution in [1.82, 2.24) is 10.6 Å². The molecule has 1 unspecified atom stereocenters. The number of halogens is 1. The molecule has 0 spiro atoms. The Labute approximate surface area is 118 Å². The van der Waals surface area contributed by atoms with Gasteiger partial charge < -0.3 is 15.4 Å². The van der Waals surface area contributed by atoms with E-state index in [1.54, 1.807) is 7.11 Å². The Kier molecular flexibility index (Phi) is 4.66. The highest BCUT2D eigenvalue weighted by Gasteiger charge is 2.25. The van der Waals surface area contributed by atoms with Crippen LogP contribution in [-0.2, 0) is 11.3 Å². The summed E-state index contributed by atoms with van der Waals surface area (Å²) in [6, 6.07) is 5.80. The molecular weight excluding hydrogens is 264 g/mol. The molecule has 0 bridgehead atoms. The molecule has 1 atom stereocenters. The van der Waals surface area contributed by atoms with Crippen LogP contribution in [-0.4, -0.2) is 25.1 Å². The molecule has 5 heteroatoms. The molecule has 0 aromatic heterocycles. The summed E-state index contributed by atoms with van der Waals surface area (Å²) in [6.45, 7) is 2.46. The van der Waals surface area contributed by atoms with Crippen molar-refractivity contribution in [3.8, 4) is 5.75 Å². The first-order valence-corrected chi connectivity index (χ1v) is 6.84. The third kappa shape index (κ3) is 4.11. The van der Waals surface area contributed by atoms with Crippen LogP contribution in [0.2, 0.25) is 5.02 Å². The molecule has 1 fully saturated rings. The normalized spacial score (nSPS) is 15.9. The first-order chi connectivity index (χ1) is 9.10. The van der Waals surface area contributed by atoms with Gasteiger partial charge in [-0.05, 0) is 37.5 Å². The van der Waals surface area contributed by atoms with Crippen molar-refractivity contribution < 1.29 is 9.53 Å². The second kappa shape index (κ2) is 6.26. The zero-order valence-electron chi connectivity index (χ0n) is 11.2. The number of hydrogen-bond donors (Lipinski definition) is 2. The van der Waals surface area contributed by atoms with E-state index in [1.165, 1.54) is 0 Å². The molecule has 104 valence electrons. The van der Waals surface area contributed by atoms with E-state index >= 15 is 0 Å². The van der Waals surface area contributed by atoms with Crippen LogP contribution in [0.4, 0.5) is 0 Å². The summed E-state index contributed by atoms with van der Waals surface area (Å²) < 4.78 is 5.10. The van der Waals surface area contributed by atoms with Crippen LogP contribution in [0.25, 0.3) is 0 Å². The fourth-order valence-corrected chi connectivity index (χ4v) is 2.02. The Balaban J connectivity index is 1.83. The molecule has 1 saturated carbocycles. The van der Waals surface area contributed by atoms with Crippen LogP contribution in [0, 0.1) is 0 Å². The zero-order chi connectivity index (χ0) is 13.8. The highest BCUT2D eigenvalue weighted by molar-refractivity contribution is 6.32. The molecule has 0 aliphatic heterocycles. The first-order valence-electron chi connectivity index (χ1n) is 6.46. The molecule has 2 rings (SSSR count). The Morgan fingerprint density at radius 1 is 1.53 bits per heavy atom. The lowest BCUT2D eigenvalue weighted by molar-refractivity contribution is -0.122. The van der Waals surface area contributed by atoms with E-state index in [0.717, 1.165) is 18.4 Å². The number of amides is 1. The van der Waals surface area contributed by atoms with Gasteiger partial charge in [-0.1, -0.05) is 17.7 Å². The molecule has 0 radical (unpaired) electrons. The average Bonchev–Trinajstić information content (AvgIpc) is 3.20. The van der Waals surface area contributed by atoms with Crippen LogP contribution in [0.15, 0.2) is 18.2 Å². The highest BCUT2D eigenvalue weighted by Crippen LogP contribution is 2.24. The molecule has 19 heavy (non-hydrogen) atoms. The Hall–Kier alpha value is -1.26. The number of methoxy groups -OCH3 is 1. The van der Waals surface area contributed by atoms with Crippen LogP contribution in [0.5, 0.6) is 5.75 Å². The molecule has 0 heterocycles. The third-order valence-electron chi connectivity index (χ3n) is 3.15. The van der Waals surface area contributed by atoms with Gasteiger partial charge in [0.05, 0.1) is 18.2 Å². The minimum absolute atomic E-state index is 0.0575. The highest BCUT2D eigenvalue weighted by atomic mass is 35.5. The molecule has 2 N–H and O–H groups in total. The topological polar surface area (TPSA) is 50.4 Å². The van der Waals surface area contributed by atoms with Crippen molar-refractivity contribution >= 4 is 17.5 Å². The van der Waals surface area contributed by atoms with Gasteiger partial charge in [-0.2, -0.15) is 0 Å². The number of carbonyl (C=O) groups is 1. The second-order valence-electron chi connectivity index (χ2n) is 4.85. The second-order valence-corrected chi connectivity index (χ2v) is 5.26. The number of rotatable bonds is 6. The average molecular weight is 283 g/mol. The molecule has 4 nitrogen and oxygen atoms in total. The van der Waals surface area contributed by atoms with Crippen LogP contribution in [0.3, 0.4) is 0 Å². The van der Waals surface area contributed by atoms with Gasteiger partial charge in [0.1, 0.15) is 5.75 Å². The summed E-state index contributed by atoms with van der Waals surface area (Å²) in [5, 5.41) is 6.74. The van der Waals surface area contributed by atoms with Crippen molar-refractivity contribution in [1.29, 1.82) is 0 Å². The first kappa shape index (κ1) is 14.2. The monoisotopic (exact) mass is 282 g/mol. The summed E-state index contributed by atoms with van der Waals surface area (Å²) in [5.41, 5.74) is 1.02. The van der Waals surface area contributed by atoms with E-state index < -0.39 is 0 Å². The van der Waals surface area contributed by atoms with Crippen molar-refractivity contribution in [3.63, 3.8) is 0 Å². The fourth-order valence-electron chi connectivity index (χ4n) is 1.74. The standard InChI is InChI=1S/C14H19ClN2O2/c1-9(14(18)17-11-4-5-11)16-8-10-3-6-13(19-2)12(15)7-10/h3,6-7,9,11,16H,4-5,8H2,1-2H3,(H,17,18). The molecule has 1 amide bonds. The summed E-state index contributed by atoms with van der Waals surface area (Å²) in [7, 11) is 1.59. The summed E-state index contributed by atoms with van der Waals surface area (Å²) in [5.74, 6) is 0.715. The van der Waals surface area contributed by atoms with Gasteiger partial charge in [0.15, 0.2) is 0 Å². The van der Waals surface area contributed by atoms with E-state index in [1.807, 2.05) is 25.1 Å². The summed E-state index contributed by atoms with van der Waals surface area (Å²) in [4.78, 5) is 11.8. The lowest BCUT2D eigenvalue weighted by Gasteiger charge is -2.14. The number of ether oxygens (including phenoxy) is 1. The van der Waals surface area contributed by atoms with E-state index in [2.05, 4.69) is 10.6 Å². The van der Waals surface area contributed by atoms with Crippen LogP contribution >= 0.6 is 11.6 Å². The minimum Gasteiger partial charge on any atom is -0.495 e. The number of hydrogen-bond acceptors (Lipinski definition) is 3. The summed E-state index contributed by atoms with van der Waals surface area (Å²) >= 11 is 6.05. The largest absolute Gasteiger partial charge is 0.495 e. The number of benzene rings is 1. The van der Waals surface area contributed by atoms with E-state index in [4.69, 9.17) is 16.3 Å². The van der Waals surface area contributed by atoms with Crippen molar-refractivity contribution in [2.75, 3.05) is 7.11 Å². The van der Waals surface area contributed by atoms with Gasteiger partial charge in [-0.15, -0.1) is 0 Å². The predicted octanol–water partition coefficient (Wildman–Crippen LogP) is 2.11. The number of nitrogens with one attached hydrogen (secondary N) is 2. The maximum Gasteiger partial charge on any atom is 0.237 e. The maximum absolute atomic E-state index is 11.8. The fraction of sp³-hybridized carbons (Fsp3) is 0.500. The van der Waals surface area contributed by atoms with E-state index in [9.17, 15) is 4.79 Å². The smallest absolute Gasteiger partial charge is 0.237 e. The lowest BCUT2D eigenvalue weighted by Crippen LogP contribution is -2.42. The van der Waals surface area contributed by atoms with E-state index in [-0.39, 0.29) is 11.9 Å². The Morgan fingerprint density at radius 3 is 2.84 bits per heavy atom. The molecule has 1 aliphatic carbocycles. The van der Waals surface area contributed by atoms with Crippen LogP contribution < -0.4 is 15.4 Å². The predicted molar refractivity (Wildman–Crippen MR) is 75.5 cm³/mol. The third-order valence-corrected chi connectivity index (χ3v) is 3.44. The minimum atomic E-state index is -0.207. The quantitative estimate of drug-likeness (QED) is 0.840. The van der Waals surface area contributed by atoms with Gasteiger partial charge >= 0.3 is 0 Å². The van der Waals surface area contributed by atoms with Gasteiger partial charge in [0.2, 0.25) is 5.91 Å². The van der Waals surface area contributed by atoms with Crippen molar-refractivity contribution in [3.05, 3.63) is 28.8 Å². The van der Waals surface area contributed by atoms with Gasteiger partial charge in [-0.3, -0.25) is 4.79 Å². The van der Waals surface area contributed by atoms with Crippen molar-refractivity contribution in [2.45, 2.75) is 38.4 Å². The van der Waals surface area contributed by atoms with Crippen molar-refractivity contribution in [2.24, 2.45) is 0 Å². The Bertz CT molecular complexity index is 461. The Morgan fingerprint density at radius 2 is 2.26 bits per heavy atom. The molecular formula is C14H19ClN2O2. The SMILES string of the molecule is COc1ccc(CNC(C)C(=O)NC2CC2)cc1Cl. The van der Waals surface area contributed by atoms with Gasteiger partial charge in [-0.25, -0.2) is 0 Å². The molecule has 1 aromatic rings. The molecule has 1 aliphatic rings. The van der Waals surface area contributed by atoms with Gasteiger partial charge in [0, 0.05) is 12.6 Å². The molecule has 0 saturated heterocycles. The number of carbonyl (C=O) groups excluding carboxylic acids is 1.